The van der Waals surface area contributed by atoms with E-state index in [4.69, 9.17) is 5.73 Å². The van der Waals surface area contributed by atoms with Crippen molar-refractivity contribution in [1.29, 1.82) is 0 Å². The SMILES string of the molecule is Cc1ccnc(-c2cc(CCC#Cc3ccc(/C=N/NC(N)=O)nc3)ccn2)c1.[Ru].c1ccc(-c2ccnc3c2ccc2c(-c4ccccc4)ccnc23)cc1.c1ccc(-c2ccnc3c2ccc2c(-c4ccccc4)ccnc23)cc1. The number of hydrogen-bond acceptors (Lipinski definition) is 9. The Kier molecular flexibility index (Phi) is 17.7. The molecule has 0 aliphatic carbocycles. The topological polar surface area (TPSA) is 158 Å². The van der Waals surface area contributed by atoms with Crippen LogP contribution in [0.5, 0.6) is 0 Å². The molecule has 0 radical (unpaired) electrons. The van der Waals surface area contributed by atoms with Gasteiger partial charge >= 0.3 is 6.03 Å². The van der Waals surface area contributed by atoms with Gasteiger partial charge in [-0.15, -0.1) is 0 Å². The van der Waals surface area contributed by atoms with Gasteiger partial charge in [0.05, 0.1) is 45.4 Å². The molecule has 0 aliphatic heterocycles. The van der Waals surface area contributed by atoms with Crippen LogP contribution in [0.4, 0.5) is 4.79 Å². The summed E-state index contributed by atoms with van der Waals surface area (Å²) in [6, 6.07) is 69.6. The summed E-state index contributed by atoms with van der Waals surface area (Å²) in [5.41, 5.74) is 25.8. The fraction of sp³-hybridized carbons (Fsp3) is 0.0429. The van der Waals surface area contributed by atoms with Gasteiger partial charge in [0.2, 0.25) is 0 Å². The summed E-state index contributed by atoms with van der Waals surface area (Å²) < 4.78 is 0. The van der Waals surface area contributed by atoms with Crippen LogP contribution in [-0.4, -0.2) is 47.1 Å². The van der Waals surface area contributed by atoms with E-state index in [2.05, 4.69) is 209 Å². The number of rotatable bonds is 9. The molecule has 0 aliphatic rings. The standard InChI is InChI=1S/2C24H16N2.C22H20N6O.Ru/c2*1-3-7-17(8-4-1)19-13-15-25-23-21(19)11-12-22-20(14-16-26-24(22)23)18-9-5-2-6-10-18;1-16-8-10-24-20(12-16)21-13-17(9-11-25-21)4-2-3-5-18-6-7-19(26-14-18)15-27-28-22(23)29;/h2*1-16H;6-15H,2,4H2,1H3,(H3,23,28,29);/b;;27-15+;. The minimum atomic E-state index is -0.722. The van der Waals surface area contributed by atoms with Gasteiger partial charge in [-0.05, 0) is 130 Å². The number of amides is 2. The zero-order valence-electron chi connectivity index (χ0n) is 44.6. The van der Waals surface area contributed by atoms with Crippen LogP contribution in [0.2, 0.25) is 0 Å². The van der Waals surface area contributed by atoms with Crippen LogP contribution in [0.3, 0.4) is 0 Å². The molecule has 7 heterocycles. The Bertz CT molecular complexity index is 4030. The van der Waals surface area contributed by atoms with E-state index in [0.29, 0.717) is 5.69 Å². The third-order valence-corrected chi connectivity index (χ3v) is 13.5. The van der Waals surface area contributed by atoms with Crippen molar-refractivity contribution in [2.75, 3.05) is 0 Å². The summed E-state index contributed by atoms with van der Waals surface area (Å²) in [4.78, 5) is 42.2. The first-order valence-corrected chi connectivity index (χ1v) is 26.4. The number of nitrogens with zero attached hydrogens (tertiary/aromatic N) is 8. The number of carbonyl (C=O) groups is 1. The molecule has 6 aromatic carbocycles. The van der Waals surface area contributed by atoms with E-state index in [1.54, 1.807) is 24.7 Å². The minimum absolute atomic E-state index is 0. The van der Waals surface area contributed by atoms with Gasteiger partial charge in [-0.1, -0.05) is 157 Å². The third-order valence-electron chi connectivity index (χ3n) is 13.5. The van der Waals surface area contributed by atoms with E-state index in [0.717, 1.165) is 79.0 Å². The molecule has 0 spiro atoms. The van der Waals surface area contributed by atoms with Crippen molar-refractivity contribution < 1.29 is 24.3 Å². The second kappa shape index (κ2) is 26.5. The molecule has 11 nitrogen and oxygen atoms in total. The molecule has 13 aromatic rings. The summed E-state index contributed by atoms with van der Waals surface area (Å²) in [6.45, 7) is 2.04. The Morgan fingerprint density at radius 2 is 0.878 bits per heavy atom. The summed E-state index contributed by atoms with van der Waals surface area (Å²) >= 11 is 0. The molecule has 7 aromatic heterocycles. The number of hydrazone groups is 1. The number of carbonyl (C=O) groups excluding carboxylic acids is 1. The molecule has 82 heavy (non-hydrogen) atoms. The van der Waals surface area contributed by atoms with Gasteiger partial charge in [0.1, 0.15) is 0 Å². The molecule has 13 rings (SSSR count). The molecule has 0 saturated carbocycles. The number of hydrogen-bond donors (Lipinski definition) is 2. The van der Waals surface area contributed by atoms with Crippen molar-refractivity contribution in [3.8, 4) is 67.7 Å². The predicted molar refractivity (Wildman–Crippen MR) is 328 cm³/mol. The van der Waals surface area contributed by atoms with E-state index in [1.165, 1.54) is 56.3 Å². The van der Waals surface area contributed by atoms with Crippen molar-refractivity contribution in [3.63, 3.8) is 0 Å². The number of pyridine rings is 7. The minimum Gasteiger partial charge on any atom is -0.350 e. The average molecular weight is 1150 g/mol. The van der Waals surface area contributed by atoms with Crippen LogP contribution in [0.15, 0.2) is 255 Å². The number of nitrogens with one attached hydrogen (secondary N) is 1. The summed E-state index contributed by atoms with van der Waals surface area (Å²) in [6.07, 6.45) is 15.7. The molecule has 0 unspecified atom stereocenters. The van der Waals surface area contributed by atoms with Gasteiger partial charge < -0.3 is 5.73 Å². The molecule has 2 amide bonds. The monoisotopic (exact) mass is 1150 g/mol. The predicted octanol–water partition coefficient (Wildman–Crippen LogP) is 15.1. The number of primary amides is 1. The van der Waals surface area contributed by atoms with E-state index >= 15 is 0 Å². The maximum Gasteiger partial charge on any atom is 0.332 e. The Morgan fingerprint density at radius 1 is 0.476 bits per heavy atom. The second-order valence-corrected chi connectivity index (χ2v) is 18.9. The maximum absolute atomic E-state index is 10.5. The summed E-state index contributed by atoms with van der Waals surface area (Å²) in [5, 5.41) is 8.17. The average Bonchev–Trinajstić information content (AvgIpc) is 3.65. The second-order valence-electron chi connectivity index (χ2n) is 18.9. The first-order chi connectivity index (χ1) is 39.9. The molecule has 396 valence electrons. The molecule has 0 bridgehead atoms. The third kappa shape index (κ3) is 13.0. The molecule has 0 fully saturated rings. The zero-order chi connectivity index (χ0) is 55.2. The van der Waals surface area contributed by atoms with Crippen molar-refractivity contribution in [1.82, 2.24) is 40.3 Å². The quantitative estimate of drug-likeness (QED) is 0.0475. The Balaban J connectivity index is 0.000000137. The van der Waals surface area contributed by atoms with Crippen molar-refractivity contribution >= 4 is 55.9 Å². The van der Waals surface area contributed by atoms with Crippen LogP contribution in [0, 0.1) is 18.8 Å². The molecule has 0 saturated heterocycles. The van der Waals surface area contributed by atoms with Crippen molar-refractivity contribution in [2.45, 2.75) is 19.8 Å². The fourth-order valence-electron chi connectivity index (χ4n) is 9.67. The number of fused-ring (bicyclic) bond motifs is 6. The van der Waals surface area contributed by atoms with E-state index in [-0.39, 0.29) is 19.5 Å². The summed E-state index contributed by atoms with van der Waals surface area (Å²) in [5.74, 6) is 6.26. The van der Waals surface area contributed by atoms with E-state index < -0.39 is 6.03 Å². The van der Waals surface area contributed by atoms with Gasteiger partial charge in [0.15, 0.2) is 0 Å². The largest absolute Gasteiger partial charge is 0.350 e. The van der Waals surface area contributed by atoms with Gasteiger partial charge in [-0.2, -0.15) is 5.10 Å². The maximum atomic E-state index is 10.5. The summed E-state index contributed by atoms with van der Waals surface area (Å²) in [7, 11) is 0. The molecular formula is C70H52N10ORu. The first-order valence-electron chi connectivity index (χ1n) is 26.4. The van der Waals surface area contributed by atoms with E-state index in [9.17, 15) is 4.79 Å². The van der Waals surface area contributed by atoms with Crippen LogP contribution in [0.1, 0.15) is 28.8 Å². The van der Waals surface area contributed by atoms with Crippen LogP contribution >= 0.6 is 0 Å². The molecular weight excluding hydrogens is 1100 g/mol. The Morgan fingerprint density at radius 3 is 1.27 bits per heavy atom. The Labute approximate surface area is 488 Å². The molecule has 12 heteroatoms. The van der Waals surface area contributed by atoms with Gasteiger partial charge in [0.25, 0.3) is 0 Å². The van der Waals surface area contributed by atoms with Gasteiger partial charge in [-0.3, -0.25) is 34.9 Å². The molecule has 3 N–H and O–H groups in total. The molecule has 0 atom stereocenters. The van der Waals surface area contributed by atoms with Crippen molar-refractivity contribution in [2.24, 2.45) is 10.8 Å². The zero-order valence-corrected chi connectivity index (χ0v) is 46.3. The van der Waals surface area contributed by atoms with Crippen molar-refractivity contribution in [3.05, 3.63) is 272 Å². The number of urea groups is 1. The van der Waals surface area contributed by atoms with Gasteiger partial charge in [0, 0.05) is 96.4 Å². The van der Waals surface area contributed by atoms with Crippen LogP contribution in [-0.2, 0) is 25.9 Å². The van der Waals surface area contributed by atoms with Crippen LogP contribution < -0.4 is 11.2 Å². The smallest absolute Gasteiger partial charge is 0.332 e. The number of aryl methyl sites for hydroxylation is 2. The number of aromatic nitrogens is 7. The van der Waals surface area contributed by atoms with Gasteiger partial charge in [-0.25, -0.2) is 10.2 Å². The normalized spacial score (nSPS) is 10.7. The Hall–Kier alpha value is -10.5. The van der Waals surface area contributed by atoms with Crippen LogP contribution in [0.25, 0.3) is 99.5 Å². The fourth-order valence-corrected chi connectivity index (χ4v) is 9.67. The number of nitrogens with two attached hydrogens (primary N) is 1. The number of benzene rings is 6. The van der Waals surface area contributed by atoms with E-state index in [1.807, 2.05) is 80.2 Å². The first kappa shape index (κ1) is 54.9.